The highest BCUT2D eigenvalue weighted by atomic mass is 32.2. The zero-order valence-electron chi connectivity index (χ0n) is 19.9. The summed E-state index contributed by atoms with van der Waals surface area (Å²) in [6.45, 7) is 14.0. The predicted molar refractivity (Wildman–Crippen MR) is 127 cm³/mol. The van der Waals surface area contributed by atoms with E-state index in [-0.39, 0.29) is 20.9 Å². The molecule has 0 fully saturated rings. The van der Waals surface area contributed by atoms with Crippen molar-refractivity contribution in [3.63, 3.8) is 0 Å². The third-order valence-electron chi connectivity index (χ3n) is 7.56. The normalized spacial score (nSPS) is 19.4. The zero-order valence-corrected chi connectivity index (χ0v) is 21.5. The standard InChI is InChI=1S/C25H26O6S2/c1-10-12(3)16(7)24-20(14(10)5)22(26)18(32(24,28)29)9-19-23(27)21-15(6)11(2)13(4)17(8)25(21)33(19,30)31/h9,26H,1-8H3/b19-9-. The molecule has 0 amide bonds. The molecule has 0 aliphatic carbocycles. The highest BCUT2D eigenvalue weighted by Gasteiger charge is 2.45. The van der Waals surface area contributed by atoms with Gasteiger partial charge in [0.05, 0.1) is 9.79 Å². The fourth-order valence-corrected chi connectivity index (χ4v) is 8.82. The second kappa shape index (κ2) is 6.90. The number of allylic oxidation sites excluding steroid dienone is 2. The lowest BCUT2D eigenvalue weighted by Gasteiger charge is -2.15. The number of carbonyl (C=O) groups is 1. The monoisotopic (exact) mass is 486 g/mol. The largest absolute Gasteiger partial charge is 0.506 e. The fourth-order valence-electron chi connectivity index (χ4n) is 4.91. The van der Waals surface area contributed by atoms with Gasteiger partial charge in [0.2, 0.25) is 25.5 Å². The van der Waals surface area contributed by atoms with Crippen LogP contribution in [0.3, 0.4) is 0 Å². The third-order valence-corrected chi connectivity index (χ3v) is 11.4. The number of hydrogen-bond acceptors (Lipinski definition) is 6. The van der Waals surface area contributed by atoms with Crippen molar-refractivity contribution in [3.05, 3.63) is 71.5 Å². The summed E-state index contributed by atoms with van der Waals surface area (Å²) >= 11 is 0. The molecule has 1 N–H and O–H groups in total. The first-order chi connectivity index (χ1) is 15.1. The molecule has 33 heavy (non-hydrogen) atoms. The van der Waals surface area contributed by atoms with Crippen molar-refractivity contribution in [1.29, 1.82) is 0 Å². The van der Waals surface area contributed by atoms with Gasteiger partial charge >= 0.3 is 0 Å². The van der Waals surface area contributed by atoms with Crippen LogP contribution in [0.1, 0.15) is 60.4 Å². The molecule has 0 bridgehead atoms. The van der Waals surface area contributed by atoms with Gasteiger partial charge in [0.25, 0.3) is 0 Å². The summed E-state index contributed by atoms with van der Waals surface area (Å²) in [6.07, 6.45) is 0.843. The minimum Gasteiger partial charge on any atom is -0.506 e. The minimum absolute atomic E-state index is 0.0353. The number of aliphatic hydroxyl groups excluding tert-OH is 1. The Kier molecular flexibility index (Phi) is 4.90. The van der Waals surface area contributed by atoms with E-state index in [0.29, 0.717) is 22.3 Å². The molecule has 0 unspecified atom stereocenters. The average molecular weight is 487 g/mol. The fraction of sp³-hybridized carbons (Fsp3) is 0.320. The maximum absolute atomic E-state index is 13.5. The number of aliphatic hydroxyl groups is 1. The van der Waals surface area contributed by atoms with Crippen LogP contribution in [-0.2, 0) is 19.7 Å². The van der Waals surface area contributed by atoms with Gasteiger partial charge in [-0.25, -0.2) is 16.8 Å². The van der Waals surface area contributed by atoms with Crippen molar-refractivity contribution >= 4 is 31.2 Å². The second-order valence-electron chi connectivity index (χ2n) is 8.97. The smallest absolute Gasteiger partial charge is 0.211 e. The van der Waals surface area contributed by atoms with E-state index in [1.807, 2.05) is 13.8 Å². The Morgan fingerprint density at radius 2 is 0.970 bits per heavy atom. The summed E-state index contributed by atoms with van der Waals surface area (Å²) in [4.78, 5) is 12.0. The van der Waals surface area contributed by atoms with Crippen LogP contribution in [-0.4, -0.2) is 27.7 Å². The molecule has 2 aliphatic heterocycles. The van der Waals surface area contributed by atoms with E-state index in [0.717, 1.165) is 28.3 Å². The molecule has 0 saturated carbocycles. The number of sulfone groups is 2. The molecule has 174 valence electrons. The lowest BCUT2D eigenvalue weighted by Crippen LogP contribution is -2.08. The molecule has 0 aromatic heterocycles. The molecular formula is C25H26O6S2. The van der Waals surface area contributed by atoms with E-state index < -0.39 is 41.0 Å². The van der Waals surface area contributed by atoms with Gasteiger partial charge in [-0.05, 0) is 106 Å². The van der Waals surface area contributed by atoms with Crippen molar-refractivity contribution in [2.45, 2.75) is 65.2 Å². The van der Waals surface area contributed by atoms with Gasteiger partial charge in [0.15, 0.2) is 0 Å². The first-order valence-electron chi connectivity index (χ1n) is 10.5. The molecule has 2 aromatic rings. The van der Waals surface area contributed by atoms with Crippen LogP contribution < -0.4 is 0 Å². The molecule has 0 radical (unpaired) electrons. The highest BCUT2D eigenvalue weighted by molar-refractivity contribution is 7.98. The van der Waals surface area contributed by atoms with Crippen LogP contribution >= 0.6 is 0 Å². The van der Waals surface area contributed by atoms with E-state index in [9.17, 15) is 26.7 Å². The predicted octanol–water partition coefficient (Wildman–Crippen LogP) is 4.72. The summed E-state index contributed by atoms with van der Waals surface area (Å²) in [5.74, 6) is -1.28. The Hall–Kier alpha value is -2.71. The van der Waals surface area contributed by atoms with Gasteiger partial charge in [0.1, 0.15) is 15.6 Å². The first kappa shape index (κ1) is 23.4. The molecule has 0 atom stereocenters. The molecule has 0 saturated heterocycles. The maximum atomic E-state index is 13.5. The number of Topliss-reactive ketones (excluding diaryl/α,β-unsaturated/α-hetero) is 1. The number of ketones is 1. The zero-order chi connectivity index (χ0) is 24.9. The van der Waals surface area contributed by atoms with Crippen LogP contribution in [0.25, 0.3) is 5.76 Å². The molecule has 2 heterocycles. The van der Waals surface area contributed by atoms with Gasteiger partial charge in [-0.3, -0.25) is 4.79 Å². The summed E-state index contributed by atoms with van der Waals surface area (Å²) in [5, 5.41) is 11.0. The topological polar surface area (TPSA) is 106 Å². The SMILES string of the molecule is Cc1c(C)c(C)c2c(c1C)C(O)=C(/C=C1/C(=O)c3c(C)c(C)c(C)c(C)c3S1(=O)=O)S2(=O)=O. The molecule has 6 nitrogen and oxygen atoms in total. The van der Waals surface area contributed by atoms with Gasteiger partial charge in [-0.1, -0.05) is 0 Å². The second-order valence-corrected chi connectivity index (χ2v) is 12.7. The van der Waals surface area contributed by atoms with Crippen molar-refractivity contribution in [2.75, 3.05) is 0 Å². The van der Waals surface area contributed by atoms with Crippen molar-refractivity contribution in [1.82, 2.24) is 0 Å². The molecule has 0 spiro atoms. The van der Waals surface area contributed by atoms with Crippen molar-refractivity contribution in [2.24, 2.45) is 0 Å². The Labute approximate surface area is 194 Å². The first-order valence-corrected chi connectivity index (χ1v) is 13.5. The highest BCUT2D eigenvalue weighted by Crippen LogP contribution is 2.47. The Morgan fingerprint density at radius 1 is 0.576 bits per heavy atom. The molecule has 8 heteroatoms. The molecule has 2 aromatic carbocycles. The summed E-state index contributed by atoms with van der Waals surface area (Å²) in [6, 6.07) is 0. The quantitative estimate of drug-likeness (QED) is 0.585. The molecule has 4 rings (SSSR count). The Balaban J connectivity index is 2.07. The lowest BCUT2D eigenvalue weighted by atomic mass is 9.92. The third kappa shape index (κ3) is 2.74. The van der Waals surface area contributed by atoms with E-state index in [1.54, 1.807) is 41.5 Å². The van der Waals surface area contributed by atoms with Crippen molar-refractivity contribution < 1.29 is 26.7 Å². The van der Waals surface area contributed by atoms with Crippen LogP contribution in [0.5, 0.6) is 0 Å². The van der Waals surface area contributed by atoms with Crippen LogP contribution in [0.15, 0.2) is 25.7 Å². The van der Waals surface area contributed by atoms with Crippen LogP contribution in [0.4, 0.5) is 0 Å². The van der Waals surface area contributed by atoms with E-state index >= 15 is 0 Å². The Morgan fingerprint density at radius 3 is 1.45 bits per heavy atom. The number of benzene rings is 2. The van der Waals surface area contributed by atoms with Crippen LogP contribution in [0.2, 0.25) is 0 Å². The van der Waals surface area contributed by atoms with E-state index in [2.05, 4.69) is 0 Å². The lowest BCUT2D eigenvalue weighted by molar-refractivity contribution is 0.104. The number of hydrogen-bond donors (Lipinski definition) is 1. The average Bonchev–Trinajstić information content (AvgIpc) is 3.06. The summed E-state index contributed by atoms with van der Waals surface area (Å²) < 4.78 is 53.9. The maximum Gasteiger partial charge on any atom is 0.211 e. The number of fused-ring (bicyclic) bond motifs is 2. The Bertz CT molecular complexity index is 1620. The van der Waals surface area contributed by atoms with E-state index in [1.165, 1.54) is 0 Å². The van der Waals surface area contributed by atoms with E-state index in [4.69, 9.17) is 0 Å². The number of carbonyl (C=O) groups excluding carboxylic acids is 1. The van der Waals surface area contributed by atoms with Gasteiger partial charge in [-0.15, -0.1) is 0 Å². The van der Waals surface area contributed by atoms with Gasteiger partial charge < -0.3 is 5.11 Å². The van der Waals surface area contributed by atoms with Crippen LogP contribution in [0, 0.1) is 55.4 Å². The van der Waals surface area contributed by atoms with Crippen molar-refractivity contribution in [3.8, 4) is 0 Å². The van der Waals surface area contributed by atoms with Gasteiger partial charge in [0, 0.05) is 11.1 Å². The minimum atomic E-state index is -4.27. The number of rotatable bonds is 1. The summed E-state index contributed by atoms with van der Waals surface area (Å²) in [7, 11) is -8.51. The summed E-state index contributed by atoms with van der Waals surface area (Å²) in [5.41, 5.74) is 5.58. The van der Waals surface area contributed by atoms with Gasteiger partial charge in [-0.2, -0.15) is 0 Å². The molecule has 2 aliphatic rings. The molecular weight excluding hydrogens is 460 g/mol.